The lowest BCUT2D eigenvalue weighted by Crippen LogP contribution is -2.38. The molecule has 2 rings (SSSR count). The van der Waals surface area contributed by atoms with Crippen LogP contribution in [0.5, 0.6) is 0 Å². The SMILES string of the molecule is OCCCC(C1CCC1)C1CCCN1. The van der Waals surface area contributed by atoms with E-state index in [0.717, 1.165) is 24.3 Å². The van der Waals surface area contributed by atoms with Gasteiger partial charge in [0.2, 0.25) is 0 Å². The average molecular weight is 197 g/mol. The zero-order valence-corrected chi connectivity index (χ0v) is 9.04. The second-order valence-electron chi connectivity index (χ2n) is 4.92. The predicted octanol–water partition coefficient (Wildman–Crippen LogP) is 1.93. The minimum absolute atomic E-state index is 0.371. The Bertz CT molecular complexity index is 162. The maximum Gasteiger partial charge on any atom is 0.0431 e. The third-order valence-electron chi connectivity index (χ3n) is 4.07. The van der Waals surface area contributed by atoms with E-state index in [1.54, 1.807) is 0 Å². The molecule has 0 amide bonds. The van der Waals surface area contributed by atoms with Gasteiger partial charge in [-0.15, -0.1) is 0 Å². The third kappa shape index (κ3) is 2.29. The van der Waals surface area contributed by atoms with Crippen LogP contribution in [0.4, 0.5) is 0 Å². The molecule has 1 heterocycles. The van der Waals surface area contributed by atoms with Gasteiger partial charge in [-0.25, -0.2) is 0 Å². The molecule has 0 aromatic heterocycles. The van der Waals surface area contributed by atoms with Crippen LogP contribution in [-0.2, 0) is 0 Å². The van der Waals surface area contributed by atoms with Crippen LogP contribution in [0.2, 0.25) is 0 Å². The molecule has 2 atom stereocenters. The van der Waals surface area contributed by atoms with E-state index < -0.39 is 0 Å². The monoisotopic (exact) mass is 197 g/mol. The Labute approximate surface area is 87.1 Å². The highest BCUT2D eigenvalue weighted by Crippen LogP contribution is 2.39. The van der Waals surface area contributed by atoms with Crippen LogP contribution in [0.25, 0.3) is 0 Å². The Balaban J connectivity index is 1.83. The molecule has 0 radical (unpaired) electrons. The van der Waals surface area contributed by atoms with Crippen LogP contribution in [0, 0.1) is 11.8 Å². The van der Waals surface area contributed by atoms with Gasteiger partial charge in [0, 0.05) is 12.6 Å². The predicted molar refractivity (Wildman–Crippen MR) is 58.2 cm³/mol. The van der Waals surface area contributed by atoms with Crippen molar-refractivity contribution < 1.29 is 5.11 Å². The van der Waals surface area contributed by atoms with E-state index in [1.807, 2.05) is 0 Å². The van der Waals surface area contributed by atoms with Gasteiger partial charge in [-0.3, -0.25) is 0 Å². The Morgan fingerprint density at radius 1 is 1.21 bits per heavy atom. The fourth-order valence-corrected chi connectivity index (χ4v) is 3.04. The van der Waals surface area contributed by atoms with Crippen LogP contribution >= 0.6 is 0 Å². The molecule has 82 valence electrons. The van der Waals surface area contributed by atoms with E-state index in [0.29, 0.717) is 6.61 Å². The van der Waals surface area contributed by atoms with Crippen molar-refractivity contribution in [3.8, 4) is 0 Å². The Hall–Kier alpha value is -0.0800. The zero-order chi connectivity index (χ0) is 9.80. The first-order chi connectivity index (χ1) is 6.92. The minimum Gasteiger partial charge on any atom is -0.396 e. The molecule has 1 aliphatic carbocycles. The molecule has 2 aliphatic rings. The number of hydrogen-bond acceptors (Lipinski definition) is 2. The molecule has 1 aliphatic heterocycles. The molecule has 2 unspecified atom stereocenters. The van der Waals surface area contributed by atoms with Crippen molar-refractivity contribution in [1.82, 2.24) is 5.32 Å². The van der Waals surface area contributed by atoms with E-state index in [-0.39, 0.29) is 0 Å². The summed E-state index contributed by atoms with van der Waals surface area (Å²) in [5.74, 6) is 1.83. The smallest absolute Gasteiger partial charge is 0.0431 e. The van der Waals surface area contributed by atoms with Crippen molar-refractivity contribution >= 4 is 0 Å². The third-order valence-corrected chi connectivity index (χ3v) is 4.07. The maximum atomic E-state index is 8.91. The number of hydrogen-bond donors (Lipinski definition) is 2. The van der Waals surface area contributed by atoms with Gasteiger partial charge in [-0.05, 0) is 44.1 Å². The summed E-state index contributed by atoms with van der Waals surface area (Å²) in [6.45, 7) is 1.59. The summed E-state index contributed by atoms with van der Waals surface area (Å²) >= 11 is 0. The summed E-state index contributed by atoms with van der Waals surface area (Å²) in [6, 6.07) is 0.770. The van der Waals surface area contributed by atoms with E-state index in [1.165, 1.54) is 45.1 Å². The fourth-order valence-electron chi connectivity index (χ4n) is 3.04. The summed E-state index contributed by atoms with van der Waals surface area (Å²) in [6.07, 6.45) is 9.27. The summed E-state index contributed by atoms with van der Waals surface area (Å²) in [5.41, 5.74) is 0. The molecular weight excluding hydrogens is 174 g/mol. The molecule has 2 fully saturated rings. The van der Waals surface area contributed by atoms with Gasteiger partial charge in [0.15, 0.2) is 0 Å². The number of nitrogens with one attached hydrogen (secondary N) is 1. The van der Waals surface area contributed by atoms with E-state index in [4.69, 9.17) is 5.11 Å². The topological polar surface area (TPSA) is 32.3 Å². The van der Waals surface area contributed by atoms with Crippen LogP contribution in [-0.4, -0.2) is 24.3 Å². The first-order valence-electron chi connectivity index (χ1n) is 6.26. The molecule has 0 aromatic rings. The van der Waals surface area contributed by atoms with Crippen molar-refractivity contribution in [1.29, 1.82) is 0 Å². The van der Waals surface area contributed by atoms with Gasteiger partial charge in [0.25, 0.3) is 0 Å². The van der Waals surface area contributed by atoms with E-state index in [2.05, 4.69) is 5.32 Å². The Morgan fingerprint density at radius 3 is 2.57 bits per heavy atom. The molecule has 14 heavy (non-hydrogen) atoms. The fraction of sp³-hybridized carbons (Fsp3) is 1.00. The van der Waals surface area contributed by atoms with Gasteiger partial charge in [-0.2, -0.15) is 0 Å². The van der Waals surface area contributed by atoms with Gasteiger partial charge < -0.3 is 10.4 Å². The first kappa shape index (κ1) is 10.4. The molecule has 0 aromatic carbocycles. The van der Waals surface area contributed by atoms with Crippen molar-refractivity contribution in [2.75, 3.05) is 13.2 Å². The lowest BCUT2D eigenvalue weighted by atomic mass is 9.71. The molecule has 1 saturated heterocycles. The summed E-state index contributed by atoms with van der Waals surface area (Å²) in [4.78, 5) is 0. The Kier molecular flexibility index (Phi) is 3.82. The van der Waals surface area contributed by atoms with Gasteiger partial charge in [-0.1, -0.05) is 19.3 Å². The number of rotatable bonds is 5. The number of aliphatic hydroxyl groups is 1. The normalized spacial score (nSPS) is 30.2. The van der Waals surface area contributed by atoms with Crippen LogP contribution in [0.3, 0.4) is 0 Å². The zero-order valence-electron chi connectivity index (χ0n) is 9.04. The van der Waals surface area contributed by atoms with Gasteiger partial charge >= 0.3 is 0 Å². The summed E-state index contributed by atoms with van der Waals surface area (Å²) < 4.78 is 0. The standard InChI is InChI=1S/C12H23NO/c14-9-3-6-11(10-4-1-5-10)12-7-2-8-13-12/h10-14H,1-9H2. The average Bonchev–Trinajstić information content (AvgIpc) is 2.61. The highest BCUT2D eigenvalue weighted by molar-refractivity contribution is 4.88. The van der Waals surface area contributed by atoms with Crippen molar-refractivity contribution in [2.45, 2.75) is 51.0 Å². The molecule has 0 bridgehead atoms. The van der Waals surface area contributed by atoms with Gasteiger partial charge in [0.05, 0.1) is 0 Å². The summed E-state index contributed by atoms with van der Waals surface area (Å²) in [5, 5.41) is 12.5. The summed E-state index contributed by atoms with van der Waals surface area (Å²) in [7, 11) is 0. The van der Waals surface area contributed by atoms with Crippen molar-refractivity contribution in [3.05, 3.63) is 0 Å². The largest absolute Gasteiger partial charge is 0.396 e. The molecular formula is C12H23NO. The molecule has 2 N–H and O–H groups in total. The molecule has 2 nitrogen and oxygen atoms in total. The Morgan fingerprint density at radius 2 is 2.07 bits per heavy atom. The highest BCUT2D eigenvalue weighted by atomic mass is 16.2. The lowest BCUT2D eigenvalue weighted by molar-refractivity contribution is 0.147. The second kappa shape index (κ2) is 5.13. The number of aliphatic hydroxyl groups excluding tert-OH is 1. The van der Waals surface area contributed by atoms with Crippen LogP contribution < -0.4 is 5.32 Å². The lowest BCUT2D eigenvalue weighted by Gasteiger charge is -2.37. The van der Waals surface area contributed by atoms with E-state index >= 15 is 0 Å². The van der Waals surface area contributed by atoms with Crippen molar-refractivity contribution in [3.63, 3.8) is 0 Å². The molecule has 2 heteroatoms. The minimum atomic E-state index is 0.371. The quantitative estimate of drug-likeness (QED) is 0.706. The maximum absolute atomic E-state index is 8.91. The highest BCUT2D eigenvalue weighted by Gasteiger charge is 2.33. The van der Waals surface area contributed by atoms with Crippen LogP contribution in [0.1, 0.15) is 44.9 Å². The van der Waals surface area contributed by atoms with E-state index in [9.17, 15) is 0 Å². The van der Waals surface area contributed by atoms with Crippen LogP contribution in [0.15, 0.2) is 0 Å². The first-order valence-corrected chi connectivity index (χ1v) is 6.26. The van der Waals surface area contributed by atoms with Crippen molar-refractivity contribution in [2.24, 2.45) is 11.8 Å². The molecule has 1 saturated carbocycles. The molecule has 0 spiro atoms. The second-order valence-corrected chi connectivity index (χ2v) is 4.92. The van der Waals surface area contributed by atoms with Gasteiger partial charge in [0.1, 0.15) is 0 Å².